The first-order chi connectivity index (χ1) is 37.3. The molecule has 0 spiro atoms. The number of hydrogen-bond donors (Lipinski definition) is 0. The predicted octanol–water partition coefficient (Wildman–Crippen LogP) is 19.7. The fourth-order valence-electron chi connectivity index (χ4n) is 27.7. The molecule has 2 heteroatoms. The summed E-state index contributed by atoms with van der Waals surface area (Å²) in [6, 6.07) is 0. The molecule has 33 aromatic carbocycles. The number of hydrogen-bond acceptors (Lipinski definition) is 2. The van der Waals surface area contributed by atoms with Gasteiger partial charge in [0.25, 0.3) is 0 Å². The van der Waals surface area contributed by atoms with Gasteiger partial charge in [-0.15, -0.1) is 0 Å². The summed E-state index contributed by atoms with van der Waals surface area (Å²) in [5.41, 5.74) is 5.66. The molecule has 37 rings (SSSR count). The highest BCUT2D eigenvalue weighted by Crippen LogP contribution is 2.84. The van der Waals surface area contributed by atoms with Gasteiger partial charge in [0.05, 0.1) is 13.5 Å². The zero-order chi connectivity index (χ0) is 44.3. The normalized spacial score (nSPS) is 20.9. The van der Waals surface area contributed by atoms with Crippen molar-refractivity contribution in [3.63, 3.8) is 0 Å². The van der Waals surface area contributed by atoms with Gasteiger partial charge in [0.1, 0.15) is 0 Å². The van der Waals surface area contributed by atoms with Gasteiger partial charge in [-0.2, -0.15) is 0 Å². The highest BCUT2D eigenvalue weighted by atomic mass is 16.5. The molecular formula is C73H6O2. The summed E-state index contributed by atoms with van der Waals surface area (Å²) >= 11 is 0. The van der Waals surface area contributed by atoms with Gasteiger partial charge in [-0.05, 0) is 367 Å². The van der Waals surface area contributed by atoms with E-state index in [0.29, 0.717) is 6.42 Å². The van der Waals surface area contributed by atoms with E-state index >= 15 is 4.79 Å². The number of benzene rings is 23. The molecular weight excluding hydrogens is 909 g/mol. The van der Waals surface area contributed by atoms with Crippen LogP contribution in [0.3, 0.4) is 0 Å². The van der Waals surface area contributed by atoms with Crippen LogP contribution in [0, 0.1) is 0 Å². The second kappa shape index (κ2) is 6.01. The van der Waals surface area contributed by atoms with E-state index in [1.807, 2.05) is 0 Å². The lowest BCUT2D eigenvalue weighted by Gasteiger charge is -2.45. The van der Waals surface area contributed by atoms with E-state index in [9.17, 15) is 0 Å². The summed E-state index contributed by atoms with van der Waals surface area (Å²) < 4.78 is 6.16. The Morgan fingerprint density at radius 3 is 0.547 bits per heavy atom. The minimum Gasteiger partial charge on any atom is -0.469 e. The van der Waals surface area contributed by atoms with E-state index in [-0.39, 0.29) is 11.9 Å². The smallest absolute Gasteiger partial charge is 0.306 e. The lowest BCUT2D eigenvalue weighted by molar-refractivity contribution is -0.141. The third-order valence-electron chi connectivity index (χ3n) is 27.7. The molecule has 0 aliphatic heterocycles. The summed E-state index contributed by atoms with van der Waals surface area (Å²) in [4.78, 5) is 15.4. The predicted molar refractivity (Wildman–Crippen MR) is 315 cm³/mol. The highest BCUT2D eigenvalue weighted by molar-refractivity contribution is 6.83. The zero-order valence-corrected chi connectivity index (χ0v) is 38.1. The van der Waals surface area contributed by atoms with E-state index in [1.54, 1.807) is 341 Å². The Morgan fingerprint density at radius 1 is 0.240 bits per heavy atom. The molecule has 4 aliphatic rings. The summed E-state index contributed by atoms with van der Waals surface area (Å²) in [6.07, 6.45) is 0.373. The van der Waals surface area contributed by atoms with Crippen LogP contribution in [0.2, 0.25) is 0 Å². The Bertz CT molecular complexity index is 8650. The molecule has 0 saturated heterocycles. The number of ether oxygens (including phenoxy) is 1. The fourth-order valence-corrected chi connectivity index (χ4v) is 27.7. The molecule has 0 N–H and O–H groups in total. The standard InChI is InChI=1S/C73H6O2/c1-75-3(74)2-73-70-66-60-47-37-24-14-9-4-5-7-8-6(4)13-15(14)29-32-28-19(13)21-18(8)27-26-17(7)20-16-10(5)12-11(9)22(24)31-30-23(12)25(16)39-41-33(20)35(26)49-50-40(27)42-34(21)36(28)51-53-45(32)48(38(29)37)61(60)67(70)63(53)65-57(51)55(42)59(50)69(72(65)73)68-58(49)54(41)56-46(39)43(30)52(44(31)47)62(66)64(56)71(68)73/h70H,2H2,1H3/t70-,73-/m1/s1. The zero-order valence-electron chi connectivity index (χ0n) is 38.1. The van der Waals surface area contributed by atoms with Crippen molar-refractivity contribution in [3.8, 4) is 0 Å². The molecule has 0 bridgehead atoms. The summed E-state index contributed by atoms with van der Waals surface area (Å²) in [5.74, 6) is -0.0267. The van der Waals surface area contributed by atoms with E-state index in [4.69, 9.17) is 4.74 Å². The van der Waals surface area contributed by atoms with Gasteiger partial charge < -0.3 is 4.74 Å². The van der Waals surface area contributed by atoms with E-state index in [2.05, 4.69) is 0 Å². The molecule has 4 aliphatic carbocycles. The number of rotatable bonds is 2. The molecule has 0 fully saturated rings. The van der Waals surface area contributed by atoms with E-state index in [0.717, 1.165) is 0 Å². The van der Waals surface area contributed by atoms with Gasteiger partial charge in [-0.1, -0.05) is 0 Å². The van der Waals surface area contributed by atoms with Crippen molar-refractivity contribution in [3.05, 3.63) is 22.3 Å². The van der Waals surface area contributed by atoms with Crippen molar-refractivity contribution in [1.29, 1.82) is 0 Å². The van der Waals surface area contributed by atoms with Crippen molar-refractivity contribution in [1.82, 2.24) is 0 Å². The first kappa shape index (κ1) is 27.1. The SMILES string of the molecule is COC(=O)C[C@]12c3c4c5c6c7c8c(c9c%10c1c1c3c3c%11c4c4c5c5c7c7c%12c8c8c9c9c%13c%10c%10c1c1c3c3c%11c%11c4c4c5c7c5c7c%12c%12c8c9c8c9c%13c%10c%10c1c1c3c3c%11c4c5c4c3c3c1c%10c9c1c8c%12c7c4c13)[C@H]62. The second-order valence-electron chi connectivity index (χ2n) is 27.7. The Balaban J connectivity index is 1.19. The molecule has 0 aromatic heterocycles. The second-order valence-corrected chi connectivity index (χ2v) is 27.7. The quantitative estimate of drug-likeness (QED) is 0.0981. The van der Waals surface area contributed by atoms with Crippen molar-refractivity contribution >= 4 is 351 Å². The summed E-state index contributed by atoms with van der Waals surface area (Å²) in [5, 5.41) is 102. The molecule has 33 aromatic rings. The Hall–Kier alpha value is -9.37. The number of methoxy groups -OCH3 is 1. The Morgan fingerprint density at radius 2 is 0.373 bits per heavy atom. The topological polar surface area (TPSA) is 26.3 Å². The lowest BCUT2D eigenvalue weighted by Crippen LogP contribution is -2.39. The van der Waals surface area contributed by atoms with Crippen molar-refractivity contribution in [2.45, 2.75) is 17.8 Å². The Labute approximate surface area is 405 Å². The minimum atomic E-state index is -0.605. The third-order valence-corrected chi connectivity index (χ3v) is 27.7. The summed E-state index contributed by atoms with van der Waals surface area (Å²) in [6.45, 7) is 0. The maximum atomic E-state index is 15.4. The lowest BCUT2D eigenvalue weighted by atomic mass is 9.55. The molecule has 0 amide bonds. The van der Waals surface area contributed by atoms with Gasteiger partial charge in [0.2, 0.25) is 0 Å². The maximum absolute atomic E-state index is 15.4. The third kappa shape index (κ3) is 1.41. The van der Waals surface area contributed by atoms with Crippen molar-refractivity contribution < 1.29 is 9.53 Å². The van der Waals surface area contributed by atoms with E-state index < -0.39 is 5.41 Å². The summed E-state index contributed by atoms with van der Waals surface area (Å²) in [7, 11) is 1.68. The van der Waals surface area contributed by atoms with Gasteiger partial charge in [0, 0.05) is 11.3 Å². The molecule has 2 nitrogen and oxygen atoms in total. The fraction of sp³-hybridized carbons (Fsp3) is 0.0548. The number of carbonyl (C=O) groups is 1. The van der Waals surface area contributed by atoms with Crippen LogP contribution in [-0.4, -0.2) is 13.1 Å². The van der Waals surface area contributed by atoms with Crippen LogP contribution in [0.5, 0.6) is 0 Å². The van der Waals surface area contributed by atoms with Crippen LogP contribution in [0.1, 0.15) is 34.6 Å². The maximum Gasteiger partial charge on any atom is 0.306 e. The van der Waals surface area contributed by atoms with Crippen LogP contribution in [0.4, 0.5) is 0 Å². The number of esters is 1. The molecule has 0 radical (unpaired) electrons. The van der Waals surface area contributed by atoms with Gasteiger partial charge >= 0.3 is 5.97 Å². The molecule has 2 atom stereocenters. The Kier molecular flexibility index (Phi) is 2.17. The van der Waals surface area contributed by atoms with Crippen LogP contribution < -0.4 is 0 Å². The van der Waals surface area contributed by atoms with Gasteiger partial charge in [-0.25, -0.2) is 0 Å². The van der Waals surface area contributed by atoms with Crippen LogP contribution in [0.15, 0.2) is 0 Å². The van der Waals surface area contributed by atoms with Gasteiger partial charge in [-0.3, -0.25) is 4.79 Å². The van der Waals surface area contributed by atoms with Crippen molar-refractivity contribution in [2.75, 3.05) is 7.11 Å². The monoisotopic (exact) mass is 914 g/mol. The van der Waals surface area contributed by atoms with Crippen LogP contribution >= 0.6 is 0 Å². The van der Waals surface area contributed by atoms with Crippen molar-refractivity contribution in [2.24, 2.45) is 0 Å². The van der Waals surface area contributed by atoms with Crippen LogP contribution in [0.25, 0.3) is 345 Å². The first-order valence-corrected chi connectivity index (χ1v) is 27.9. The number of carbonyl (C=O) groups excluding carboxylic acids is 1. The molecule has 0 heterocycles. The van der Waals surface area contributed by atoms with E-state index in [1.165, 1.54) is 32.7 Å². The largest absolute Gasteiger partial charge is 0.469 e. The van der Waals surface area contributed by atoms with Gasteiger partial charge in [0.15, 0.2) is 0 Å². The average Bonchev–Trinajstić information content (AvgIpc) is 1.99. The van der Waals surface area contributed by atoms with Crippen LogP contribution in [-0.2, 0) is 14.9 Å². The molecule has 0 saturated carbocycles. The average molecular weight is 915 g/mol. The first-order valence-electron chi connectivity index (χ1n) is 27.9. The molecule has 310 valence electrons. The molecule has 0 unspecified atom stereocenters. The highest BCUT2D eigenvalue weighted by Gasteiger charge is 2.63. The minimum absolute atomic E-state index is 0.0265. The molecule has 75 heavy (non-hydrogen) atoms.